The Labute approximate surface area is 318 Å². The van der Waals surface area contributed by atoms with E-state index in [-0.39, 0.29) is 47.0 Å². The van der Waals surface area contributed by atoms with Crippen LogP contribution in [0.15, 0.2) is 85.5 Å². The van der Waals surface area contributed by atoms with E-state index in [4.69, 9.17) is 5.73 Å². The molecular formula is C41H44N8O6. The number of nitrogens with zero attached hydrogens (tertiary/aromatic N) is 4. The largest absolute Gasteiger partial charge is 0.366 e. The second kappa shape index (κ2) is 17.1. The third-order valence-electron chi connectivity index (χ3n) is 9.99. The number of aromatic nitrogens is 2. The fourth-order valence-corrected chi connectivity index (χ4v) is 7.22. The van der Waals surface area contributed by atoms with Gasteiger partial charge in [0.25, 0.3) is 5.91 Å². The van der Waals surface area contributed by atoms with E-state index >= 15 is 0 Å². The molecule has 2 aliphatic heterocycles. The molecule has 6 amide bonds. The van der Waals surface area contributed by atoms with E-state index in [0.29, 0.717) is 19.5 Å². The lowest BCUT2D eigenvalue weighted by Crippen LogP contribution is -2.46. The maximum absolute atomic E-state index is 13.5. The Balaban J connectivity index is 1.08. The summed E-state index contributed by atoms with van der Waals surface area (Å²) in [6.45, 7) is 5.01. The van der Waals surface area contributed by atoms with Crippen LogP contribution in [0.25, 0.3) is 0 Å². The van der Waals surface area contributed by atoms with Crippen molar-refractivity contribution in [3.8, 4) is 0 Å². The van der Waals surface area contributed by atoms with Crippen molar-refractivity contribution in [2.24, 2.45) is 11.7 Å². The minimum absolute atomic E-state index is 0.0987. The number of carbonyl (C=O) groups excluding carboxylic acids is 6. The van der Waals surface area contributed by atoms with E-state index in [2.05, 4.69) is 25.9 Å². The van der Waals surface area contributed by atoms with Crippen molar-refractivity contribution in [2.45, 2.75) is 64.6 Å². The fourth-order valence-electron chi connectivity index (χ4n) is 7.22. The molecule has 2 aliphatic rings. The number of hydrogen-bond acceptors (Lipinski definition) is 8. The molecule has 55 heavy (non-hydrogen) atoms. The number of nitrogens with one attached hydrogen (secondary N) is 3. The molecular weight excluding hydrogens is 701 g/mol. The van der Waals surface area contributed by atoms with Gasteiger partial charge in [-0.15, -0.1) is 0 Å². The molecule has 0 radical (unpaired) electrons. The lowest BCUT2D eigenvalue weighted by molar-refractivity contribution is -0.146. The standard InChI is InChI=1S/C41H44N8O6/c1-25-7-5-9-28(15-25)34-11-3-4-14-48(34)40(54)38(52)47-33-18-31(21-44-23-33)37(51)45-19-27-8-6-10-29(16-27)35-13-12-26(2)24-49(35)41(55)39(53)46-32-17-30(36(42)50)20-43-22-32/h5-10,15-18,20-23,26,34-35H,3-4,11-14,19,24H2,1-2H3,(H2,42,50)(H,45,51)(H,46,53)(H,47,52)/t26?,34-,35?/m0/s1. The molecule has 0 aliphatic carbocycles. The molecule has 2 saturated heterocycles. The minimum Gasteiger partial charge on any atom is -0.366 e. The first-order valence-electron chi connectivity index (χ1n) is 18.3. The molecule has 284 valence electrons. The van der Waals surface area contributed by atoms with E-state index < -0.39 is 35.4 Å². The van der Waals surface area contributed by atoms with Crippen molar-refractivity contribution in [1.29, 1.82) is 0 Å². The monoisotopic (exact) mass is 744 g/mol. The molecule has 0 spiro atoms. The highest BCUT2D eigenvalue weighted by atomic mass is 16.2. The van der Waals surface area contributed by atoms with E-state index in [1.54, 1.807) is 9.80 Å². The number of piperidine rings is 2. The average molecular weight is 745 g/mol. The van der Waals surface area contributed by atoms with E-state index in [9.17, 15) is 28.8 Å². The molecule has 2 aromatic carbocycles. The highest BCUT2D eigenvalue weighted by Crippen LogP contribution is 2.34. The van der Waals surface area contributed by atoms with Gasteiger partial charge < -0.3 is 31.5 Å². The number of benzene rings is 2. The number of likely N-dealkylation sites (tertiary alicyclic amines) is 2. The molecule has 14 heteroatoms. The van der Waals surface area contributed by atoms with Gasteiger partial charge in [0.2, 0.25) is 5.91 Å². The van der Waals surface area contributed by atoms with Crippen LogP contribution in [0.5, 0.6) is 0 Å². The SMILES string of the molecule is Cc1cccc([C@@H]2CCCCN2C(=O)C(=O)Nc2cncc(C(=O)NCc3cccc(C4CCC(C)CN4C(=O)C(=O)Nc4cncc(C(N)=O)c4)c3)c2)c1. The number of hydrogen-bond donors (Lipinski definition) is 4. The van der Waals surface area contributed by atoms with Crippen molar-refractivity contribution in [1.82, 2.24) is 25.1 Å². The Kier molecular flexibility index (Phi) is 11.9. The number of rotatable bonds is 8. The molecule has 5 N–H and O–H groups in total. The van der Waals surface area contributed by atoms with Gasteiger partial charge in [-0.2, -0.15) is 0 Å². The summed E-state index contributed by atoms with van der Waals surface area (Å²) >= 11 is 0. The first kappa shape index (κ1) is 38.3. The maximum Gasteiger partial charge on any atom is 0.313 e. The Hall–Kier alpha value is -6.44. The summed E-state index contributed by atoms with van der Waals surface area (Å²) in [6, 6.07) is 17.7. The van der Waals surface area contributed by atoms with Crippen LogP contribution < -0.4 is 21.7 Å². The van der Waals surface area contributed by atoms with Gasteiger partial charge in [0, 0.05) is 32.0 Å². The third-order valence-corrected chi connectivity index (χ3v) is 9.99. The van der Waals surface area contributed by atoms with Crippen LogP contribution in [0.4, 0.5) is 11.4 Å². The van der Waals surface area contributed by atoms with Crippen LogP contribution in [0, 0.1) is 12.8 Å². The normalized spacial score (nSPS) is 18.2. The van der Waals surface area contributed by atoms with Crippen molar-refractivity contribution < 1.29 is 28.8 Å². The van der Waals surface area contributed by atoms with Crippen molar-refractivity contribution in [3.05, 3.63) is 119 Å². The summed E-state index contributed by atoms with van der Waals surface area (Å²) in [6.07, 6.45) is 9.37. The molecule has 6 rings (SSSR count). The smallest absolute Gasteiger partial charge is 0.313 e. The second-order valence-electron chi connectivity index (χ2n) is 14.2. The summed E-state index contributed by atoms with van der Waals surface area (Å²) in [5.74, 6) is -4.00. The Morgan fingerprint density at radius 1 is 0.727 bits per heavy atom. The Bertz CT molecular complexity index is 2120. The molecule has 2 unspecified atom stereocenters. The highest BCUT2D eigenvalue weighted by molar-refractivity contribution is 6.40. The van der Waals surface area contributed by atoms with Crippen molar-refractivity contribution in [2.75, 3.05) is 23.7 Å². The molecule has 2 aromatic heterocycles. The third kappa shape index (κ3) is 9.39. The maximum atomic E-state index is 13.5. The van der Waals surface area contributed by atoms with Gasteiger partial charge in [0.1, 0.15) is 0 Å². The van der Waals surface area contributed by atoms with Crippen molar-refractivity contribution >= 4 is 46.8 Å². The van der Waals surface area contributed by atoms with E-state index in [0.717, 1.165) is 47.9 Å². The van der Waals surface area contributed by atoms with Gasteiger partial charge in [-0.3, -0.25) is 38.7 Å². The zero-order chi connectivity index (χ0) is 39.1. The first-order valence-corrected chi connectivity index (χ1v) is 18.3. The predicted octanol–water partition coefficient (Wildman–Crippen LogP) is 4.44. The van der Waals surface area contributed by atoms with Crippen LogP contribution in [0.2, 0.25) is 0 Å². The zero-order valence-corrected chi connectivity index (χ0v) is 30.8. The molecule has 4 aromatic rings. The summed E-state index contributed by atoms with van der Waals surface area (Å²) in [4.78, 5) is 89.1. The number of anilines is 2. The number of primary amides is 1. The van der Waals surface area contributed by atoms with Gasteiger partial charge in [-0.05, 0) is 73.8 Å². The quantitative estimate of drug-likeness (QED) is 0.190. The molecule has 14 nitrogen and oxygen atoms in total. The van der Waals surface area contributed by atoms with Crippen LogP contribution in [-0.2, 0) is 25.7 Å². The summed E-state index contributed by atoms with van der Waals surface area (Å²) in [7, 11) is 0. The molecule has 0 saturated carbocycles. The molecule has 0 bridgehead atoms. The lowest BCUT2D eigenvalue weighted by Gasteiger charge is -2.38. The minimum atomic E-state index is -0.861. The van der Waals surface area contributed by atoms with Gasteiger partial charge in [0.05, 0.1) is 47.0 Å². The Morgan fingerprint density at radius 2 is 1.35 bits per heavy atom. The highest BCUT2D eigenvalue weighted by Gasteiger charge is 2.35. The van der Waals surface area contributed by atoms with Crippen LogP contribution in [-0.4, -0.2) is 68.3 Å². The fraction of sp³-hybridized carbons (Fsp3) is 0.317. The zero-order valence-electron chi connectivity index (χ0n) is 30.8. The Morgan fingerprint density at radius 3 is 2.04 bits per heavy atom. The summed E-state index contributed by atoms with van der Waals surface area (Å²) in [5.41, 5.74) is 9.67. The molecule has 2 fully saturated rings. The molecule has 4 heterocycles. The number of pyridine rings is 2. The number of nitrogens with two attached hydrogens (primary N) is 1. The van der Waals surface area contributed by atoms with Gasteiger partial charge >= 0.3 is 23.6 Å². The lowest BCUT2D eigenvalue weighted by atomic mass is 9.89. The van der Waals surface area contributed by atoms with Gasteiger partial charge in [0.15, 0.2) is 0 Å². The second-order valence-corrected chi connectivity index (χ2v) is 14.2. The number of amides is 6. The van der Waals surface area contributed by atoms with E-state index in [1.165, 1.54) is 36.9 Å². The van der Waals surface area contributed by atoms with Crippen LogP contribution >= 0.6 is 0 Å². The van der Waals surface area contributed by atoms with Gasteiger partial charge in [-0.25, -0.2) is 0 Å². The van der Waals surface area contributed by atoms with E-state index in [1.807, 2.05) is 62.4 Å². The topological polar surface area (TPSA) is 197 Å². The first-order chi connectivity index (χ1) is 26.5. The summed E-state index contributed by atoms with van der Waals surface area (Å²) in [5, 5.41) is 8.03. The number of carbonyl (C=O) groups is 6. The summed E-state index contributed by atoms with van der Waals surface area (Å²) < 4.78 is 0. The van der Waals surface area contributed by atoms with Crippen LogP contribution in [0.3, 0.4) is 0 Å². The predicted molar refractivity (Wildman–Crippen MR) is 204 cm³/mol. The number of aryl methyl sites for hydroxylation is 1. The average Bonchev–Trinajstić information content (AvgIpc) is 3.19. The van der Waals surface area contributed by atoms with Crippen molar-refractivity contribution in [3.63, 3.8) is 0 Å². The molecule has 3 atom stereocenters. The van der Waals surface area contributed by atoms with Crippen LogP contribution in [0.1, 0.15) is 94.1 Å². The van der Waals surface area contributed by atoms with Gasteiger partial charge in [-0.1, -0.05) is 61.0 Å².